The summed E-state index contributed by atoms with van der Waals surface area (Å²) in [5, 5.41) is 3.96. The van der Waals surface area contributed by atoms with Crippen LogP contribution in [0.25, 0.3) is 0 Å². The number of nitrogens with one attached hydrogen (secondary N) is 1. The summed E-state index contributed by atoms with van der Waals surface area (Å²) in [6.07, 6.45) is 2.71. The molecule has 3 aromatic rings. The number of hydrogen-bond donors (Lipinski definition) is 1. The number of carbonyl (C=O) groups excluding carboxylic acids is 1. The fourth-order valence-corrected chi connectivity index (χ4v) is 3.73. The molecule has 0 aliphatic carbocycles. The average Bonchev–Trinajstić information content (AvgIpc) is 2.78. The van der Waals surface area contributed by atoms with Crippen LogP contribution >= 0.6 is 0 Å². The van der Waals surface area contributed by atoms with Crippen LogP contribution in [0.1, 0.15) is 21.5 Å². The zero-order chi connectivity index (χ0) is 22.3. The predicted molar refractivity (Wildman–Crippen MR) is 122 cm³/mol. The number of para-hydroxylation sites is 1. The van der Waals surface area contributed by atoms with Crippen LogP contribution in [0.4, 0.5) is 5.69 Å². The number of rotatable bonds is 8. The van der Waals surface area contributed by atoms with E-state index in [0.29, 0.717) is 11.3 Å². The molecular formula is C23H23N3O4S. The molecule has 3 rings (SSSR count). The Balaban J connectivity index is 1.64. The first kappa shape index (κ1) is 22.0. The van der Waals surface area contributed by atoms with E-state index >= 15 is 0 Å². The number of ether oxygens (including phenoxy) is 1. The summed E-state index contributed by atoms with van der Waals surface area (Å²) >= 11 is 0. The van der Waals surface area contributed by atoms with Gasteiger partial charge in [-0.05, 0) is 59.7 Å². The summed E-state index contributed by atoms with van der Waals surface area (Å²) in [7, 11) is -1.87. The number of carbonyl (C=O) groups is 1. The summed E-state index contributed by atoms with van der Waals surface area (Å²) in [6.45, 7) is 0.167. The van der Waals surface area contributed by atoms with Gasteiger partial charge in [0.05, 0.1) is 31.8 Å². The first-order valence-electron chi connectivity index (χ1n) is 9.46. The van der Waals surface area contributed by atoms with Crippen molar-refractivity contribution < 1.29 is 17.9 Å². The highest BCUT2D eigenvalue weighted by Crippen LogP contribution is 2.20. The third-order valence-electron chi connectivity index (χ3n) is 4.48. The molecule has 7 nitrogen and oxygen atoms in total. The minimum atomic E-state index is -3.46. The van der Waals surface area contributed by atoms with Crippen molar-refractivity contribution in [3.8, 4) is 5.75 Å². The Labute approximate surface area is 182 Å². The molecule has 0 heterocycles. The van der Waals surface area contributed by atoms with Crippen LogP contribution in [0, 0.1) is 0 Å². The van der Waals surface area contributed by atoms with E-state index < -0.39 is 10.0 Å². The Kier molecular flexibility index (Phi) is 7.04. The summed E-state index contributed by atoms with van der Waals surface area (Å²) in [5.41, 5.74) is 5.06. The molecule has 0 spiro atoms. The molecule has 0 radical (unpaired) electrons. The summed E-state index contributed by atoms with van der Waals surface area (Å²) < 4.78 is 30.9. The van der Waals surface area contributed by atoms with E-state index in [1.54, 1.807) is 67.8 Å². The van der Waals surface area contributed by atoms with Gasteiger partial charge in [0.25, 0.3) is 5.91 Å². The van der Waals surface area contributed by atoms with Crippen molar-refractivity contribution in [3.63, 3.8) is 0 Å². The molecule has 0 fully saturated rings. The fraction of sp³-hybridized carbons (Fsp3) is 0.130. The molecule has 8 heteroatoms. The number of nitrogens with zero attached hydrogens (tertiary/aromatic N) is 2. The van der Waals surface area contributed by atoms with Gasteiger partial charge in [0.2, 0.25) is 10.0 Å². The van der Waals surface area contributed by atoms with Crippen LogP contribution in [-0.2, 0) is 16.6 Å². The van der Waals surface area contributed by atoms with E-state index in [1.165, 1.54) is 16.8 Å². The molecule has 0 saturated carbocycles. The number of benzene rings is 3. The molecule has 1 N–H and O–H groups in total. The molecule has 0 aromatic heterocycles. The quantitative estimate of drug-likeness (QED) is 0.432. The number of sulfonamides is 1. The Morgan fingerprint density at radius 1 is 1.00 bits per heavy atom. The van der Waals surface area contributed by atoms with Crippen LogP contribution in [0.15, 0.2) is 84.0 Å². The Bertz CT molecular complexity index is 1140. The SMILES string of the molecule is COc1ccc(/C=N\NC(=O)c2ccc(CN(c3ccccc3)S(C)(=O)=O)cc2)cc1. The highest BCUT2D eigenvalue weighted by molar-refractivity contribution is 7.92. The van der Waals surface area contributed by atoms with Crippen LogP contribution < -0.4 is 14.5 Å². The summed E-state index contributed by atoms with van der Waals surface area (Å²) in [4.78, 5) is 12.3. The van der Waals surface area contributed by atoms with Gasteiger partial charge in [-0.15, -0.1) is 0 Å². The van der Waals surface area contributed by atoms with Gasteiger partial charge in [-0.2, -0.15) is 5.10 Å². The Morgan fingerprint density at radius 3 is 2.23 bits per heavy atom. The van der Waals surface area contributed by atoms with Gasteiger partial charge in [0, 0.05) is 5.56 Å². The number of anilines is 1. The van der Waals surface area contributed by atoms with Gasteiger partial charge in [-0.3, -0.25) is 9.10 Å². The zero-order valence-electron chi connectivity index (χ0n) is 17.2. The molecule has 0 bridgehead atoms. The third kappa shape index (κ3) is 6.16. The monoisotopic (exact) mass is 437 g/mol. The van der Waals surface area contributed by atoms with E-state index in [1.807, 2.05) is 18.2 Å². The topological polar surface area (TPSA) is 88.1 Å². The molecule has 31 heavy (non-hydrogen) atoms. The minimum Gasteiger partial charge on any atom is -0.497 e. The first-order valence-corrected chi connectivity index (χ1v) is 11.3. The smallest absolute Gasteiger partial charge is 0.271 e. The van der Waals surface area contributed by atoms with E-state index in [0.717, 1.165) is 16.9 Å². The maximum Gasteiger partial charge on any atom is 0.271 e. The van der Waals surface area contributed by atoms with Crippen molar-refractivity contribution >= 4 is 27.8 Å². The molecule has 160 valence electrons. The molecule has 0 unspecified atom stereocenters. The summed E-state index contributed by atoms with van der Waals surface area (Å²) in [6, 6.07) is 22.9. The molecule has 0 saturated heterocycles. The lowest BCUT2D eigenvalue weighted by molar-refractivity contribution is 0.0955. The van der Waals surface area contributed by atoms with Crippen molar-refractivity contribution in [1.82, 2.24) is 5.43 Å². The molecular weight excluding hydrogens is 414 g/mol. The van der Waals surface area contributed by atoms with E-state index in [2.05, 4.69) is 10.5 Å². The highest BCUT2D eigenvalue weighted by atomic mass is 32.2. The van der Waals surface area contributed by atoms with Crippen LogP contribution in [0.3, 0.4) is 0 Å². The van der Waals surface area contributed by atoms with Crippen molar-refractivity contribution in [3.05, 3.63) is 95.6 Å². The zero-order valence-corrected chi connectivity index (χ0v) is 18.0. The van der Waals surface area contributed by atoms with Gasteiger partial charge in [0.15, 0.2) is 0 Å². The molecule has 3 aromatic carbocycles. The van der Waals surface area contributed by atoms with Gasteiger partial charge in [0.1, 0.15) is 5.75 Å². The number of amides is 1. The maximum absolute atomic E-state index is 12.3. The van der Waals surface area contributed by atoms with Crippen molar-refractivity contribution in [2.45, 2.75) is 6.54 Å². The lowest BCUT2D eigenvalue weighted by Gasteiger charge is -2.22. The van der Waals surface area contributed by atoms with Crippen molar-refractivity contribution in [1.29, 1.82) is 0 Å². The van der Waals surface area contributed by atoms with Gasteiger partial charge >= 0.3 is 0 Å². The standard InChI is InChI=1S/C23H23N3O4S/c1-30-22-14-10-18(11-15-22)16-24-25-23(27)20-12-8-19(9-13-20)17-26(31(2,28)29)21-6-4-3-5-7-21/h3-16H,17H2,1-2H3,(H,25,27)/b24-16-. The average molecular weight is 438 g/mol. The highest BCUT2D eigenvalue weighted by Gasteiger charge is 2.17. The van der Waals surface area contributed by atoms with E-state index in [9.17, 15) is 13.2 Å². The molecule has 0 aliphatic rings. The second kappa shape index (κ2) is 9.90. The van der Waals surface area contributed by atoms with Crippen LogP contribution in [-0.4, -0.2) is 33.9 Å². The first-order chi connectivity index (χ1) is 14.9. The largest absolute Gasteiger partial charge is 0.497 e. The van der Waals surface area contributed by atoms with Crippen molar-refractivity contribution in [2.75, 3.05) is 17.7 Å². The summed E-state index contributed by atoms with van der Waals surface area (Å²) in [5.74, 6) is 0.377. The van der Waals surface area contributed by atoms with Crippen LogP contribution in [0.2, 0.25) is 0 Å². The Morgan fingerprint density at radius 2 is 1.65 bits per heavy atom. The number of hydrogen-bond acceptors (Lipinski definition) is 5. The molecule has 1 amide bonds. The maximum atomic E-state index is 12.3. The third-order valence-corrected chi connectivity index (χ3v) is 5.62. The molecule has 0 atom stereocenters. The molecule has 0 aliphatic heterocycles. The Hall–Kier alpha value is -3.65. The minimum absolute atomic E-state index is 0.167. The van der Waals surface area contributed by atoms with Crippen LogP contribution in [0.5, 0.6) is 5.75 Å². The normalized spacial score (nSPS) is 11.3. The van der Waals surface area contributed by atoms with E-state index in [4.69, 9.17) is 4.74 Å². The fourth-order valence-electron chi connectivity index (χ4n) is 2.84. The van der Waals surface area contributed by atoms with Gasteiger partial charge in [-0.1, -0.05) is 30.3 Å². The second-order valence-electron chi connectivity index (χ2n) is 6.77. The lowest BCUT2D eigenvalue weighted by atomic mass is 10.1. The lowest BCUT2D eigenvalue weighted by Crippen LogP contribution is -2.29. The second-order valence-corrected chi connectivity index (χ2v) is 8.68. The van der Waals surface area contributed by atoms with Gasteiger partial charge in [-0.25, -0.2) is 13.8 Å². The van der Waals surface area contributed by atoms with Crippen molar-refractivity contribution in [2.24, 2.45) is 5.10 Å². The van der Waals surface area contributed by atoms with Gasteiger partial charge < -0.3 is 4.74 Å². The number of methoxy groups -OCH3 is 1. The van der Waals surface area contributed by atoms with E-state index in [-0.39, 0.29) is 12.5 Å². The predicted octanol–water partition coefficient (Wildman–Crippen LogP) is 3.43. The number of hydrazone groups is 1.